The molecule has 0 bridgehead atoms. The standard InChI is InChI=1S/C15H24N4OS/c1-15(2)9-12(10-19(15)11-20)5-4-8-17-13-6-3-7-14(18-13)21-16/h3,6-7,11-12H,4-5,8-10,16H2,1-2H3,(H,17,18). The number of carbonyl (C=O) groups excluding carboxylic acids is 1. The monoisotopic (exact) mass is 308 g/mol. The second kappa shape index (κ2) is 7.13. The Balaban J connectivity index is 1.72. The predicted molar refractivity (Wildman–Crippen MR) is 87.0 cm³/mol. The molecule has 5 nitrogen and oxygen atoms in total. The fraction of sp³-hybridized carbons (Fsp3) is 0.600. The molecule has 1 unspecified atom stereocenters. The molecule has 6 heteroatoms. The number of nitrogens with one attached hydrogen (secondary N) is 1. The lowest BCUT2D eigenvalue weighted by Gasteiger charge is -2.27. The average molecular weight is 308 g/mol. The van der Waals surface area contributed by atoms with Gasteiger partial charge in [-0.25, -0.2) is 4.98 Å². The van der Waals surface area contributed by atoms with Crippen LogP contribution >= 0.6 is 11.9 Å². The lowest BCUT2D eigenvalue weighted by Crippen LogP contribution is -2.36. The van der Waals surface area contributed by atoms with Gasteiger partial charge in [-0.15, -0.1) is 0 Å². The predicted octanol–water partition coefficient (Wildman–Crippen LogP) is 2.50. The quantitative estimate of drug-likeness (QED) is 0.460. The molecule has 1 amide bonds. The van der Waals surface area contributed by atoms with Crippen LogP contribution in [0, 0.1) is 5.92 Å². The van der Waals surface area contributed by atoms with Crippen molar-refractivity contribution in [2.24, 2.45) is 11.1 Å². The Hall–Kier alpha value is -1.27. The molecule has 1 aliphatic rings. The number of nitrogens with two attached hydrogens (primary N) is 1. The first kappa shape index (κ1) is 16.1. The fourth-order valence-electron chi connectivity index (χ4n) is 2.98. The number of hydrogen-bond acceptors (Lipinski definition) is 5. The van der Waals surface area contributed by atoms with E-state index in [4.69, 9.17) is 5.14 Å². The third-order valence-corrected chi connectivity index (χ3v) is 4.56. The van der Waals surface area contributed by atoms with Crippen LogP contribution in [0.3, 0.4) is 0 Å². The van der Waals surface area contributed by atoms with Crippen LogP contribution in [0.1, 0.15) is 33.1 Å². The zero-order valence-corrected chi connectivity index (χ0v) is 13.5. The van der Waals surface area contributed by atoms with Crippen LogP contribution in [-0.4, -0.2) is 34.9 Å². The van der Waals surface area contributed by atoms with Gasteiger partial charge in [0, 0.05) is 18.6 Å². The summed E-state index contributed by atoms with van der Waals surface area (Å²) in [6, 6.07) is 5.79. The van der Waals surface area contributed by atoms with Gasteiger partial charge in [0.15, 0.2) is 0 Å². The summed E-state index contributed by atoms with van der Waals surface area (Å²) >= 11 is 1.16. The molecular weight excluding hydrogens is 284 g/mol. The van der Waals surface area contributed by atoms with Crippen LogP contribution in [-0.2, 0) is 4.79 Å². The van der Waals surface area contributed by atoms with E-state index in [-0.39, 0.29) is 5.54 Å². The second-order valence-corrected chi connectivity index (χ2v) is 6.84. The molecule has 1 aromatic rings. The Morgan fingerprint density at radius 2 is 2.38 bits per heavy atom. The van der Waals surface area contributed by atoms with E-state index in [9.17, 15) is 4.79 Å². The van der Waals surface area contributed by atoms with Gasteiger partial charge in [0.2, 0.25) is 6.41 Å². The van der Waals surface area contributed by atoms with E-state index in [0.29, 0.717) is 5.92 Å². The Morgan fingerprint density at radius 1 is 1.57 bits per heavy atom. The topological polar surface area (TPSA) is 71.2 Å². The van der Waals surface area contributed by atoms with E-state index in [1.165, 1.54) is 0 Å². The van der Waals surface area contributed by atoms with Crippen LogP contribution in [0.5, 0.6) is 0 Å². The molecule has 1 aliphatic heterocycles. The SMILES string of the molecule is CC1(C)CC(CCCNc2cccc(SN)n2)CN1C=O. The van der Waals surface area contributed by atoms with Crippen molar-refractivity contribution in [3.05, 3.63) is 18.2 Å². The van der Waals surface area contributed by atoms with Crippen molar-refractivity contribution in [1.82, 2.24) is 9.88 Å². The van der Waals surface area contributed by atoms with Crippen molar-refractivity contribution >= 4 is 24.2 Å². The Morgan fingerprint density at radius 3 is 3.05 bits per heavy atom. The number of aromatic nitrogens is 1. The second-order valence-electron chi connectivity index (χ2n) is 6.19. The van der Waals surface area contributed by atoms with E-state index in [0.717, 1.165) is 61.6 Å². The Kier molecular flexibility index (Phi) is 5.47. The number of carbonyl (C=O) groups is 1. The lowest BCUT2D eigenvalue weighted by molar-refractivity contribution is -0.120. The van der Waals surface area contributed by atoms with Crippen LogP contribution < -0.4 is 10.5 Å². The summed E-state index contributed by atoms with van der Waals surface area (Å²) in [5.74, 6) is 1.47. The molecule has 0 aliphatic carbocycles. The first-order valence-electron chi connectivity index (χ1n) is 7.35. The molecule has 1 saturated heterocycles. The van der Waals surface area contributed by atoms with E-state index in [1.807, 2.05) is 23.1 Å². The number of hydrogen-bond donors (Lipinski definition) is 2. The van der Waals surface area contributed by atoms with Gasteiger partial charge in [0.1, 0.15) is 10.8 Å². The van der Waals surface area contributed by atoms with E-state index >= 15 is 0 Å². The summed E-state index contributed by atoms with van der Waals surface area (Å²) in [5, 5.41) is 9.65. The number of amides is 1. The highest BCUT2D eigenvalue weighted by Gasteiger charge is 2.36. The van der Waals surface area contributed by atoms with Gasteiger partial charge >= 0.3 is 0 Å². The molecule has 1 atom stereocenters. The third-order valence-electron chi connectivity index (χ3n) is 4.09. The first-order chi connectivity index (χ1) is 10.0. The molecule has 1 aromatic heterocycles. The van der Waals surface area contributed by atoms with Crippen molar-refractivity contribution in [1.29, 1.82) is 0 Å². The summed E-state index contributed by atoms with van der Waals surface area (Å²) in [4.78, 5) is 17.3. The Bertz CT molecular complexity index is 480. The number of rotatable bonds is 7. The molecule has 2 heterocycles. The van der Waals surface area contributed by atoms with Gasteiger partial charge < -0.3 is 10.2 Å². The smallest absolute Gasteiger partial charge is 0.210 e. The van der Waals surface area contributed by atoms with Crippen LogP contribution in [0.25, 0.3) is 0 Å². The van der Waals surface area contributed by atoms with E-state index < -0.39 is 0 Å². The molecule has 116 valence electrons. The van der Waals surface area contributed by atoms with Crippen LogP contribution in [0.4, 0.5) is 5.82 Å². The number of nitrogens with zero attached hydrogens (tertiary/aromatic N) is 2. The summed E-state index contributed by atoms with van der Waals surface area (Å²) in [5.41, 5.74) is 0.00802. The highest BCUT2D eigenvalue weighted by molar-refractivity contribution is 7.97. The number of anilines is 1. The Labute approximate surface area is 130 Å². The van der Waals surface area contributed by atoms with E-state index in [1.54, 1.807) is 0 Å². The highest BCUT2D eigenvalue weighted by Crippen LogP contribution is 2.33. The maximum Gasteiger partial charge on any atom is 0.210 e. The molecular formula is C15H24N4OS. The zero-order valence-electron chi connectivity index (χ0n) is 12.7. The molecule has 0 saturated carbocycles. The highest BCUT2D eigenvalue weighted by atomic mass is 32.2. The van der Waals surface area contributed by atoms with Gasteiger partial charge in [-0.3, -0.25) is 9.93 Å². The summed E-state index contributed by atoms with van der Waals surface area (Å²) in [6.45, 7) is 6.05. The molecule has 3 N–H and O–H groups in total. The normalized spacial score (nSPS) is 20.5. The summed E-state index contributed by atoms with van der Waals surface area (Å²) in [7, 11) is 0. The van der Waals surface area contributed by atoms with Crippen molar-refractivity contribution in [3.8, 4) is 0 Å². The lowest BCUT2D eigenvalue weighted by atomic mass is 9.93. The van der Waals surface area contributed by atoms with Gasteiger partial charge in [-0.1, -0.05) is 6.07 Å². The molecule has 0 aromatic carbocycles. The maximum atomic E-state index is 11.0. The van der Waals surface area contributed by atoms with Gasteiger partial charge in [0.25, 0.3) is 0 Å². The number of pyridine rings is 1. The van der Waals surface area contributed by atoms with Crippen molar-refractivity contribution < 1.29 is 4.79 Å². The average Bonchev–Trinajstić information content (AvgIpc) is 2.78. The van der Waals surface area contributed by atoms with Crippen LogP contribution in [0.2, 0.25) is 0 Å². The van der Waals surface area contributed by atoms with Crippen molar-refractivity contribution in [2.45, 2.75) is 43.7 Å². The first-order valence-corrected chi connectivity index (χ1v) is 8.23. The van der Waals surface area contributed by atoms with E-state index in [2.05, 4.69) is 24.1 Å². The molecule has 1 fully saturated rings. The van der Waals surface area contributed by atoms with Gasteiger partial charge in [-0.05, 0) is 63.1 Å². The minimum absolute atomic E-state index is 0.00802. The summed E-state index contributed by atoms with van der Waals surface area (Å²) in [6.07, 6.45) is 4.28. The van der Waals surface area contributed by atoms with Gasteiger partial charge in [-0.2, -0.15) is 0 Å². The van der Waals surface area contributed by atoms with Crippen molar-refractivity contribution in [2.75, 3.05) is 18.4 Å². The number of likely N-dealkylation sites (tertiary alicyclic amines) is 1. The summed E-state index contributed by atoms with van der Waals surface area (Å²) < 4.78 is 0. The maximum absolute atomic E-state index is 11.0. The minimum Gasteiger partial charge on any atom is -0.370 e. The fourth-order valence-corrected chi connectivity index (χ4v) is 3.29. The van der Waals surface area contributed by atoms with Gasteiger partial charge in [0.05, 0.1) is 0 Å². The minimum atomic E-state index is 0.00802. The molecule has 0 spiro atoms. The largest absolute Gasteiger partial charge is 0.370 e. The molecule has 2 rings (SSSR count). The molecule has 0 radical (unpaired) electrons. The molecule has 21 heavy (non-hydrogen) atoms. The zero-order chi connectivity index (χ0) is 15.3. The van der Waals surface area contributed by atoms with Crippen LogP contribution in [0.15, 0.2) is 23.2 Å². The van der Waals surface area contributed by atoms with Crippen molar-refractivity contribution in [3.63, 3.8) is 0 Å². The third kappa shape index (κ3) is 4.35.